The summed E-state index contributed by atoms with van der Waals surface area (Å²) in [4.78, 5) is 8.34. The average Bonchev–Trinajstić information content (AvgIpc) is 3.02. The van der Waals surface area contributed by atoms with E-state index < -0.39 is 11.7 Å². The summed E-state index contributed by atoms with van der Waals surface area (Å²) in [6.45, 7) is 0.922. The van der Waals surface area contributed by atoms with Crippen LogP contribution in [-0.2, 0) is 6.18 Å². The van der Waals surface area contributed by atoms with E-state index in [2.05, 4.69) is 15.3 Å². The smallest absolute Gasteiger partial charge is 0.419 e. The lowest BCUT2D eigenvalue weighted by Gasteiger charge is -2.13. The van der Waals surface area contributed by atoms with E-state index in [9.17, 15) is 13.2 Å². The molecule has 0 saturated carbocycles. The third-order valence-corrected chi connectivity index (χ3v) is 3.44. The minimum atomic E-state index is -4.47. The molecule has 4 nitrogen and oxygen atoms in total. The molecule has 0 bridgehead atoms. The fourth-order valence-electron chi connectivity index (χ4n) is 2.38. The van der Waals surface area contributed by atoms with Crippen molar-refractivity contribution >= 4 is 0 Å². The summed E-state index contributed by atoms with van der Waals surface area (Å²) in [5, 5.41) is 3.26. The van der Waals surface area contributed by atoms with Crippen LogP contribution in [-0.4, -0.2) is 16.5 Å². The fourth-order valence-corrected chi connectivity index (χ4v) is 2.38. The van der Waals surface area contributed by atoms with Crippen molar-refractivity contribution in [3.63, 3.8) is 0 Å². The van der Waals surface area contributed by atoms with Gasteiger partial charge in [0, 0.05) is 0 Å². The van der Waals surface area contributed by atoms with Gasteiger partial charge >= 0.3 is 6.18 Å². The van der Waals surface area contributed by atoms with Crippen LogP contribution < -0.4 is 10.1 Å². The minimum Gasteiger partial charge on any atom is -0.453 e. The Morgan fingerprint density at radius 2 is 1.86 bits per heavy atom. The monoisotopic (exact) mass is 309 g/mol. The first kappa shape index (κ1) is 14.8. The van der Waals surface area contributed by atoms with Gasteiger partial charge in [0.2, 0.25) is 0 Å². The van der Waals surface area contributed by atoms with Crippen molar-refractivity contribution in [2.45, 2.75) is 25.1 Å². The molecule has 1 saturated heterocycles. The average molecular weight is 309 g/mol. The van der Waals surface area contributed by atoms with Crippen molar-refractivity contribution in [3.05, 3.63) is 48.0 Å². The molecule has 2 aromatic rings. The Balaban J connectivity index is 1.79. The molecule has 1 aromatic carbocycles. The molecule has 0 aliphatic carbocycles. The first-order valence-electron chi connectivity index (χ1n) is 6.93. The van der Waals surface area contributed by atoms with Crippen molar-refractivity contribution in [1.82, 2.24) is 15.3 Å². The summed E-state index contributed by atoms with van der Waals surface area (Å²) >= 11 is 0. The Kier molecular flexibility index (Phi) is 3.98. The van der Waals surface area contributed by atoms with Gasteiger partial charge in [-0.05, 0) is 31.5 Å². The molecule has 1 N–H and O–H groups in total. The predicted octanol–water partition coefficient (Wildman–Crippen LogP) is 3.71. The molecule has 0 spiro atoms. The van der Waals surface area contributed by atoms with Crippen molar-refractivity contribution in [2.24, 2.45) is 0 Å². The quantitative estimate of drug-likeness (QED) is 0.939. The highest BCUT2D eigenvalue weighted by Gasteiger charge is 2.34. The number of alkyl halides is 3. The van der Waals surface area contributed by atoms with E-state index >= 15 is 0 Å². The molecule has 3 rings (SSSR count). The highest BCUT2D eigenvalue weighted by atomic mass is 19.4. The Labute approximate surface area is 125 Å². The number of benzene rings is 1. The van der Waals surface area contributed by atoms with Crippen LogP contribution in [0.2, 0.25) is 0 Å². The highest BCUT2D eigenvalue weighted by Crippen LogP contribution is 2.37. The molecule has 1 aromatic heterocycles. The Morgan fingerprint density at radius 3 is 2.50 bits per heavy atom. The van der Waals surface area contributed by atoms with Crippen molar-refractivity contribution in [1.29, 1.82) is 0 Å². The molecule has 1 fully saturated rings. The third kappa shape index (κ3) is 3.19. The van der Waals surface area contributed by atoms with Gasteiger partial charge in [-0.15, -0.1) is 0 Å². The molecule has 7 heteroatoms. The number of ether oxygens (including phenoxy) is 1. The summed E-state index contributed by atoms with van der Waals surface area (Å²) < 4.78 is 44.0. The SMILES string of the molecule is FC(F)(F)c1ccccc1Oc1cnc(C2CCCN2)nc1. The molecule has 1 aliphatic rings. The summed E-state index contributed by atoms with van der Waals surface area (Å²) in [6.07, 6.45) is 0.346. The van der Waals surface area contributed by atoms with Gasteiger partial charge in [0.05, 0.1) is 24.0 Å². The zero-order chi connectivity index (χ0) is 15.6. The highest BCUT2D eigenvalue weighted by molar-refractivity contribution is 5.38. The second kappa shape index (κ2) is 5.92. The van der Waals surface area contributed by atoms with E-state index in [1.165, 1.54) is 30.6 Å². The second-order valence-corrected chi connectivity index (χ2v) is 5.02. The summed E-state index contributed by atoms with van der Waals surface area (Å²) in [5.41, 5.74) is -0.823. The second-order valence-electron chi connectivity index (χ2n) is 5.02. The maximum atomic E-state index is 12.9. The maximum absolute atomic E-state index is 12.9. The van der Waals surface area contributed by atoms with E-state index in [1.54, 1.807) is 0 Å². The van der Waals surface area contributed by atoms with Gasteiger partial charge in [0.25, 0.3) is 0 Å². The molecule has 1 atom stereocenters. The summed E-state index contributed by atoms with van der Waals surface area (Å²) in [7, 11) is 0. The van der Waals surface area contributed by atoms with Crippen molar-refractivity contribution in [2.75, 3.05) is 6.54 Å². The number of hydrogen-bond donors (Lipinski definition) is 1. The lowest BCUT2D eigenvalue weighted by molar-refractivity contribution is -0.138. The van der Waals surface area contributed by atoms with Crippen LogP contribution in [0.15, 0.2) is 36.7 Å². The Morgan fingerprint density at radius 1 is 1.14 bits per heavy atom. The fraction of sp³-hybridized carbons (Fsp3) is 0.333. The lowest BCUT2D eigenvalue weighted by atomic mass is 10.2. The summed E-state index contributed by atoms with van der Waals surface area (Å²) in [6, 6.07) is 5.17. The van der Waals surface area contributed by atoms with Crippen LogP contribution in [0.4, 0.5) is 13.2 Å². The molecule has 0 amide bonds. The van der Waals surface area contributed by atoms with Crippen LogP contribution >= 0.6 is 0 Å². The molecule has 0 radical (unpaired) electrons. The zero-order valence-electron chi connectivity index (χ0n) is 11.6. The van der Waals surface area contributed by atoms with Gasteiger partial charge in [-0.25, -0.2) is 9.97 Å². The van der Waals surface area contributed by atoms with E-state index in [0.29, 0.717) is 5.82 Å². The first-order chi connectivity index (χ1) is 10.5. The van der Waals surface area contributed by atoms with Crippen LogP contribution in [0.3, 0.4) is 0 Å². The van der Waals surface area contributed by atoms with Crippen molar-refractivity contribution in [3.8, 4) is 11.5 Å². The number of aromatic nitrogens is 2. The number of para-hydroxylation sites is 1. The van der Waals surface area contributed by atoms with Gasteiger partial charge in [0.1, 0.15) is 11.6 Å². The van der Waals surface area contributed by atoms with Gasteiger partial charge in [-0.2, -0.15) is 13.2 Å². The Bertz CT molecular complexity index is 637. The number of hydrogen-bond acceptors (Lipinski definition) is 4. The van der Waals surface area contributed by atoms with Crippen LogP contribution in [0, 0.1) is 0 Å². The standard InChI is InChI=1S/C15H14F3N3O/c16-15(17,18)11-4-1-2-6-13(11)22-10-8-20-14(21-9-10)12-5-3-7-19-12/h1-2,4,6,8-9,12,19H,3,5,7H2. The normalized spacial score (nSPS) is 18.4. The molecule has 1 unspecified atom stereocenters. The molecule has 1 aliphatic heterocycles. The Hall–Kier alpha value is -2.15. The van der Waals surface area contributed by atoms with Crippen LogP contribution in [0.1, 0.15) is 30.3 Å². The van der Waals surface area contributed by atoms with Gasteiger partial charge in [0.15, 0.2) is 5.75 Å². The molecule has 22 heavy (non-hydrogen) atoms. The number of halogens is 3. The largest absolute Gasteiger partial charge is 0.453 e. The lowest BCUT2D eigenvalue weighted by Crippen LogP contribution is -2.15. The minimum absolute atomic E-state index is 0.108. The van der Waals surface area contributed by atoms with Gasteiger partial charge in [-0.3, -0.25) is 0 Å². The number of nitrogens with zero attached hydrogens (tertiary/aromatic N) is 2. The van der Waals surface area contributed by atoms with Gasteiger partial charge < -0.3 is 10.1 Å². The van der Waals surface area contributed by atoms with E-state index in [-0.39, 0.29) is 17.5 Å². The van der Waals surface area contributed by atoms with E-state index in [4.69, 9.17) is 4.74 Å². The molecule has 2 heterocycles. The van der Waals surface area contributed by atoms with Gasteiger partial charge in [-0.1, -0.05) is 12.1 Å². The maximum Gasteiger partial charge on any atom is 0.419 e. The van der Waals surface area contributed by atoms with Crippen LogP contribution in [0.5, 0.6) is 11.5 Å². The van der Waals surface area contributed by atoms with E-state index in [1.807, 2.05) is 0 Å². The zero-order valence-corrected chi connectivity index (χ0v) is 11.6. The van der Waals surface area contributed by atoms with E-state index in [0.717, 1.165) is 25.5 Å². The van der Waals surface area contributed by atoms with Crippen LogP contribution in [0.25, 0.3) is 0 Å². The number of rotatable bonds is 3. The predicted molar refractivity (Wildman–Crippen MR) is 73.5 cm³/mol. The molecular formula is C15H14F3N3O. The number of nitrogens with one attached hydrogen (secondary N) is 1. The summed E-state index contributed by atoms with van der Waals surface area (Å²) in [5.74, 6) is 0.553. The van der Waals surface area contributed by atoms with Crippen molar-refractivity contribution < 1.29 is 17.9 Å². The third-order valence-electron chi connectivity index (χ3n) is 3.44. The molecular weight excluding hydrogens is 295 g/mol. The first-order valence-corrected chi connectivity index (χ1v) is 6.93. The molecule has 116 valence electrons. The topological polar surface area (TPSA) is 47.0 Å².